The third-order valence-electron chi connectivity index (χ3n) is 2.78. The van der Waals surface area contributed by atoms with Gasteiger partial charge in [0.2, 0.25) is 10.0 Å². The summed E-state index contributed by atoms with van der Waals surface area (Å²) >= 11 is 0. The maximum atomic E-state index is 11.8. The third-order valence-corrected chi connectivity index (χ3v) is 4.70. The van der Waals surface area contributed by atoms with Crippen molar-refractivity contribution < 1.29 is 13.2 Å². The fraction of sp³-hybridized carbons (Fsp3) is 0.417. The molecule has 0 radical (unpaired) electrons. The smallest absolute Gasteiger partial charge is 0.215 e. The molecule has 1 aliphatic rings. The van der Waals surface area contributed by atoms with E-state index in [1.54, 1.807) is 24.3 Å². The Morgan fingerprint density at radius 2 is 1.88 bits per heavy atom. The normalized spacial score (nSPS) is 17.7. The second-order valence-corrected chi connectivity index (χ2v) is 6.31. The van der Waals surface area contributed by atoms with Crippen molar-refractivity contribution in [2.45, 2.75) is 31.1 Å². The van der Waals surface area contributed by atoms with Gasteiger partial charge in [-0.2, -0.15) is 0 Å². The first-order valence-corrected chi connectivity index (χ1v) is 7.12. The lowest BCUT2D eigenvalue weighted by Gasteiger charge is -2.16. The molecule has 0 saturated heterocycles. The minimum Gasteiger partial charge on any atom is -0.298 e. The summed E-state index contributed by atoms with van der Waals surface area (Å²) in [5.41, 5.74) is 0.684. The van der Waals surface area contributed by atoms with Gasteiger partial charge in [-0.15, -0.1) is 0 Å². The molecule has 0 aliphatic heterocycles. The Labute approximate surface area is 101 Å². The molecule has 1 aromatic carbocycles. The predicted octanol–water partition coefficient (Wildman–Crippen LogP) is 1.40. The molecule has 0 aromatic heterocycles. The van der Waals surface area contributed by atoms with E-state index in [1.165, 1.54) is 6.92 Å². The van der Waals surface area contributed by atoms with Crippen molar-refractivity contribution in [1.29, 1.82) is 0 Å². The van der Waals surface area contributed by atoms with Gasteiger partial charge in [0.1, 0.15) is 6.04 Å². The Balaban J connectivity index is 2.22. The zero-order chi connectivity index (χ0) is 12.5. The summed E-state index contributed by atoms with van der Waals surface area (Å²) in [6.45, 7) is 1.40. The summed E-state index contributed by atoms with van der Waals surface area (Å²) in [6.07, 6.45) is 1.38. The van der Waals surface area contributed by atoms with E-state index in [0.717, 1.165) is 0 Å². The third kappa shape index (κ3) is 2.92. The highest BCUT2D eigenvalue weighted by atomic mass is 32.2. The van der Waals surface area contributed by atoms with Crippen molar-refractivity contribution in [3.8, 4) is 0 Å². The standard InChI is InChI=1S/C12H15NO3S/c1-9(14)12(10-5-3-2-4-6-10)13-17(15,16)11-7-8-11/h2-6,11-13H,7-8H2,1H3. The summed E-state index contributed by atoms with van der Waals surface area (Å²) in [6, 6.07) is 8.15. The average molecular weight is 253 g/mol. The van der Waals surface area contributed by atoms with Crippen LogP contribution in [-0.2, 0) is 14.8 Å². The van der Waals surface area contributed by atoms with Crippen LogP contribution in [0.4, 0.5) is 0 Å². The van der Waals surface area contributed by atoms with Crippen LogP contribution in [0.5, 0.6) is 0 Å². The van der Waals surface area contributed by atoms with Crippen molar-refractivity contribution in [3.05, 3.63) is 35.9 Å². The SMILES string of the molecule is CC(=O)C(NS(=O)(=O)C1CC1)c1ccccc1. The monoisotopic (exact) mass is 253 g/mol. The van der Waals surface area contributed by atoms with Crippen LogP contribution < -0.4 is 4.72 Å². The number of hydrogen-bond donors (Lipinski definition) is 1. The molecule has 1 fully saturated rings. The van der Waals surface area contributed by atoms with Gasteiger partial charge in [-0.05, 0) is 25.3 Å². The number of rotatable bonds is 5. The van der Waals surface area contributed by atoms with Gasteiger partial charge in [0.25, 0.3) is 0 Å². The molecule has 1 unspecified atom stereocenters. The van der Waals surface area contributed by atoms with Crippen molar-refractivity contribution in [1.82, 2.24) is 4.72 Å². The topological polar surface area (TPSA) is 63.2 Å². The summed E-state index contributed by atoms with van der Waals surface area (Å²) in [5.74, 6) is -0.194. The lowest BCUT2D eigenvalue weighted by Crippen LogP contribution is -2.35. The zero-order valence-electron chi connectivity index (χ0n) is 9.59. The average Bonchev–Trinajstić information content (AvgIpc) is 3.11. The first-order chi connectivity index (χ1) is 8.00. The van der Waals surface area contributed by atoms with Gasteiger partial charge in [-0.1, -0.05) is 30.3 Å². The van der Waals surface area contributed by atoms with Crippen LogP contribution in [0, 0.1) is 0 Å². The number of nitrogens with one attached hydrogen (secondary N) is 1. The summed E-state index contributed by atoms with van der Waals surface area (Å²) in [7, 11) is -3.35. The molecule has 0 bridgehead atoms. The summed E-state index contributed by atoms with van der Waals surface area (Å²) < 4.78 is 26.1. The molecule has 2 rings (SSSR count). The van der Waals surface area contributed by atoms with Gasteiger partial charge in [0.15, 0.2) is 5.78 Å². The summed E-state index contributed by atoms with van der Waals surface area (Å²) in [5, 5.41) is -0.312. The lowest BCUT2D eigenvalue weighted by molar-refractivity contribution is -0.118. The minimum atomic E-state index is -3.35. The molecular weight excluding hydrogens is 238 g/mol. The summed E-state index contributed by atoms with van der Waals surface area (Å²) in [4.78, 5) is 11.5. The Morgan fingerprint density at radius 1 is 1.29 bits per heavy atom. The maximum Gasteiger partial charge on any atom is 0.215 e. The maximum absolute atomic E-state index is 11.8. The van der Waals surface area contributed by atoms with Crippen LogP contribution >= 0.6 is 0 Å². The molecule has 92 valence electrons. The van der Waals surface area contributed by atoms with E-state index in [0.29, 0.717) is 18.4 Å². The largest absolute Gasteiger partial charge is 0.298 e. The number of benzene rings is 1. The van der Waals surface area contributed by atoms with Gasteiger partial charge in [0, 0.05) is 0 Å². The van der Waals surface area contributed by atoms with Crippen LogP contribution in [0.25, 0.3) is 0 Å². The number of Topliss-reactive ketones (excluding diaryl/α,β-unsaturated/α-hetero) is 1. The van der Waals surface area contributed by atoms with Gasteiger partial charge in [-0.3, -0.25) is 4.79 Å². The minimum absolute atomic E-state index is 0.194. The van der Waals surface area contributed by atoms with E-state index >= 15 is 0 Å². The number of hydrogen-bond acceptors (Lipinski definition) is 3. The molecule has 0 heterocycles. The molecule has 1 aliphatic carbocycles. The van der Waals surface area contributed by atoms with Crippen molar-refractivity contribution in [2.75, 3.05) is 0 Å². The molecule has 4 nitrogen and oxygen atoms in total. The van der Waals surface area contributed by atoms with Crippen molar-refractivity contribution in [2.24, 2.45) is 0 Å². The number of carbonyl (C=O) groups is 1. The van der Waals surface area contributed by atoms with E-state index in [4.69, 9.17) is 0 Å². The van der Waals surface area contributed by atoms with E-state index < -0.39 is 16.1 Å². The van der Waals surface area contributed by atoms with E-state index in [2.05, 4.69) is 4.72 Å². The van der Waals surface area contributed by atoms with E-state index in [-0.39, 0.29) is 11.0 Å². The molecule has 0 amide bonds. The highest BCUT2D eigenvalue weighted by Crippen LogP contribution is 2.29. The van der Waals surface area contributed by atoms with Crippen LogP contribution in [0.3, 0.4) is 0 Å². The second-order valence-electron chi connectivity index (χ2n) is 4.32. The zero-order valence-corrected chi connectivity index (χ0v) is 10.4. The second kappa shape index (κ2) is 4.58. The Hall–Kier alpha value is -1.20. The number of carbonyl (C=O) groups excluding carboxylic acids is 1. The van der Waals surface area contributed by atoms with Crippen molar-refractivity contribution >= 4 is 15.8 Å². The molecule has 0 spiro atoms. The molecule has 1 saturated carbocycles. The van der Waals surface area contributed by atoms with Crippen LogP contribution in [0.1, 0.15) is 31.4 Å². The van der Waals surface area contributed by atoms with Crippen molar-refractivity contribution in [3.63, 3.8) is 0 Å². The Morgan fingerprint density at radius 3 is 2.35 bits per heavy atom. The number of ketones is 1. The van der Waals surface area contributed by atoms with Gasteiger partial charge >= 0.3 is 0 Å². The Bertz CT molecular complexity index is 506. The molecule has 5 heteroatoms. The molecule has 17 heavy (non-hydrogen) atoms. The lowest BCUT2D eigenvalue weighted by atomic mass is 10.1. The van der Waals surface area contributed by atoms with Crippen LogP contribution in [0.15, 0.2) is 30.3 Å². The Kier molecular flexibility index (Phi) is 3.31. The van der Waals surface area contributed by atoms with Crippen LogP contribution in [-0.4, -0.2) is 19.5 Å². The first kappa shape index (κ1) is 12.3. The number of sulfonamides is 1. The highest BCUT2D eigenvalue weighted by molar-refractivity contribution is 7.90. The van der Waals surface area contributed by atoms with Crippen LogP contribution in [0.2, 0.25) is 0 Å². The molecule has 1 N–H and O–H groups in total. The fourth-order valence-corrected chi connectivity index (χ4v) is 3.25. The predicted molar refractivity (Wildman–Crippen MR) is 64.9 cm³/mol. The van der Waals surface area contributed by atoms with E-state index in [1.807, 2.05) is 6.07 Å². The van der Waals surface area contributed by atoms with Gasteiger partial charge in [0.05, 0.1) is 5.25 Å². The fourth-order valence-electron chi connectivity index (χ4n) is 1.67. The van der Waals surface area contributed by atoms with Gasteiger partial charge < -0.3 is 0 Å². The molecular formula is C12H15NO3S. The molecule has 1 atom stereocenters. The van der Waals surface area contributed by atoms with Gasteiger partial charge in [-0.25, -0.2) is 13.1 Å². The quantitative estimate of drug-likeness (QED) is 0.862. The molecule has 1 aromatic rings. The first-order valence-electron chi connectivity index (χ1n) is 5.57. The highest BCUT2D eigenvalue weighted by Gasteiger charge is 2.37. The van der Waals surface area contributed by atoms with E-state index in [9.17, 15) is 13.2 Å².